The molecule has 0 aliphatic heterocycles. The molecule has 0 saturated heterocycles. The Kier molecular flexibility index (Phi) is 10.1. The van der Waals surface area contributed by atoms with E-state index in [9.17, 15) is 4.79 Å². The highest BCUT2D eigenvalue weighted by atomic mass is 28.4. The molecule has 20 heavy (non-hydrogen) atoms. The Balaban J connectivity index is 4.95. The molecule has 6 nitrogen and oxygen atoms in total. The number of ether oxygens (including phenoxy) is 1. The van der Waals surface area contributed by atoms with Gasteiger partial charge in [0.2, 0.25) is 0 Å². The first-order valence-electron chi connectivity index (χ1n) is 6.88. The number of rotatable bonds is 10. The molecule has 0 radical (unpaired) electrons. The highest BCUT2D eigenvalue weighted by Gasteiger charge is 2.49. The summed E-state index contributed by atoms with van der Waals surface area (Å²) in [5.41, 5.74) is -0.368. The van der Waals surface area contributed by atoms with E-state index in [0.717, 1.165) is 0 Å². The first-order chi connectivity index (χ1) is 9.60. The normalized spacial score (nSPS) is 12.6. The molecule has 0 bridgehead atoms. The zero-order chi connectivity index (χ0) is 15.4. The minimum Gasteiger partial charge on any atom is -0.436 e. The lowest BCUT2D eigenvalue weighted by Gasteiger charge is -2.34. The van der Waals surface area contributed by atoms with Gasteiger partial charge in [-0.3, -0.25) is 0 Å². The number of terminal acetylenes is 1. The Morgan fingerprint density at radius 2 is 1.65 bits per heavy atom. The maximum Gasteiger partial charge on any atom is 0.524 e. The van der Waals surface area contributed by atoms with Crippen LogP contribution in [0.3, 0.4) is 0 Å². The quantitative estimate of drug-likeness (QED) is 0.491. The van der Waals surface area contributed by atoms with Crippen molar-refractivity contribution < 1.29 is 22.8 Å². The Bertz CT molecular complexity index is 301. The summed E-state index contributed by atoms with van der Waals surface area (Å²) in [7, 11) is -2.99. The lowest BCUT2D eigenvalue weighted by molar-refractivity contribution is 0.0559. The number of alkyl carbamates (subject to hydrolysis) is 1. The minimum atomic E-state index is -2.99. The summed E-state index contributed by atoms with van der Waals surface area (Å²) in [5.74, 6) is 2.24. The average molecular weight is 303 g/mol. The second-order valence-corrected chi connectivity index (χ2v) is 6.56. The van der Waals surface area contributed by atoms with Gasteiger partial charge in [0.25, 0.3) is 0 Å². The first kappa shape index (κ1) is 18.9. The number of carbonyl (C=O) groups excluding carboxylic acids is 1. The molecule has 0 heterocycles. The van der Waals surface area contributed by atoms with Gasteiger partial charge in [-0.05, 0) is 27.2 Å². The van der Waals surface area contributed by atoms with Crippen molar-refractivity contribution in [2.45, 2.75) is 39.8 Å². The zero-order valence-corrected chi connectivity index (χ0v) is 13.7. The van der Waals surface area contributed by atoms with Crippen molar-refractivity contribution in [3.63, 3.8) is 0 Å². The summed E-state index contributed by atoms with van der Waals surface area (Å²) >= 11 is 0. The fourth-order valence-corrected chi connectivity index (χ4v) is 4.62. The summed E-state index contributed by atoms with van der Waals surface area (Å²) < 4.78 is 22.1. The first-order valence-corrected chi connectivity index (χ1v) is 8.68. The van der Waals surface area contributed by atoms with Crippen LogP contribution in [-0.2, 0) is 18.0 Å². The lowest BCUT2D eigenvalue weighted by Crippen LogP contribution is -2.62. The molecular weight excluding hydrogens is 278 g/mol. The summed E-state index contributed by atoms with van der Waals surface area (Å²) in [6, 6.07) is 0. The Labute approximate surface area is 122 Å². The van der Waals surface area contributed by atoms with E-state index in [4.69, 9.17) is 24.4 Å². The van der Waals surface area contributed by atoms with Gasteiger partial charge in [-0.1, -0.05) is 12.8 Å². The van der Waals surface area contributed by atoms with Crippen molar-refractivity contribution in [1.29, 1.82) is 0 Å². The van der Waals surface area contributed by atoms with E-state index in [1.165, 1.54) is 0 Å². The molecule has 1 amide bonds. The van der Waals surface area contributed by atoms with Crippen molar-refractivity contribution in [3.05, 3.63) is 0 Å². The van der Waals surface area contributed by atoms with Crippen molar-refractivity contribution >= 4 is 14.9 Å². The SMILES string of the molecule is C#CCOC(=O)NC(CC)[Si](OCC)(OCC)OCC. The van der Waals surface area contributed by atoms with E-state index < -0.39 is 14.9 Å². The average Bonchev–Trinajstić information content (AvgIpc) is 2.43. The molecule has 0 fully saturated rings. The van der Waals surface area contributed by atoms with Crippen LogP contribution in [0.2, 0.25) is 0 Å². The highest BCUT2D eigenvalue weighted by molar-refractivity contribution is 6.62. The second kappa shape index (κ2) is 10.7. The van der Waals surface area contributed by atoms with E-state index in [0.29, 0.717) is 26.2 Å². The van der Waals surface area contributed by atoms with E-state index in [1.54, 1.807) is 0 Å². The predicted molar refractivity (Wildman–Crippen MR) is 78.0 cm³/mol. The molecule has 0 spiro atoms. The zero-order valence-electron chi connectivity index (χ0n) is 12.7. The van der Waals surface area contributed by atoms with Gasteiger partial charge in [-0.15, -0.1) is 6.42 Å². The van der Waals surface area contributed by atoms with Crippen LogP contribution < -0.4 is 5.32 Å². The molecule has 1 unspecified atom stereocenters. The number of hydrogen-bond acceptors (Lipinski definition) is 5. The third-order valence-electron chi connectivity index (χ3n) is 2.45. The predicted octanol–water partition coefficient (Wildman–Crippen LogP) is 1.71. The molecule has 1 N–H and O–H groups in total. The third kappa shape index (κ3) is 5.92. The molecule has 116 valence electrons. The van der Waals surface area contributed by atoms with Crippen molar-refractivity contribution in [1.82, 2.24) is 5.32 Å². The molecular formula is C13H25NO5Si. The molecule has 0 aromatic rings. The van der Waals surface area contributed by atoms with Gasteiger partial charge in [0.05, 0.1) is 0 Å². The lowest BCUT2D eigenvalue weighted by atomic mass is 10.5. The molecule has 0 aromatic heterocycles. The number of hydrogen-bond donors (Lipinski definition) is 1. The fourth-order valence-electron chi connectivity index (χ4n) is 1.76. The topological polar surface area (TPSA) is 66.0 Å². The Morgan fingerprint density at radius 1 is 1.15 bits per heavy atom. The van der Waals surface area contributed by atoms with E-state index in [1.807, 2.05) is 27.7 Å². The molecule has 1 atom stereocenters. The van der Waals surface area contributed by atoms with Gasteiger partial charge in [0.1, 0.15) is 5.67 Å². The summed E-state index contributed by atoms with van der Waals surface area (Å²) in [4.78, 5) is 11.7. The number of carbonyl (C=O) groups is 1. The van der Waals surface area contributed by atoms with E-state index >= 15 is 0 Å². The monoisotopic (exact) mass is 303 g/mol. The molecule has 0 aliphatic rings. The molecule has 0 aliphatic carbocycles. The molecule has 0 aromatic carbocycles. The van der Waals surface area contributed by atoms with Crippen LogP contribution >= 0.6 is 0 Å². The van der Waals surface area contributed by atoms with Crippen LogP contribution in [0, 0.1) is 12.3 Å². The second-order valence-electron chi connectivity index (χ2n) is 3.79. The van der Waals surface area contributed by atoms with Gasteiger partial charge in [-0.2, -0.15) is 0 Å². The van der Waals surface area contributed by atoms with Crippen LogP contribution in [0.1, 0.15) is 34.1 Å². The van der Waals surface area contributed by atoms with Gasteiger partial charge in [-0.25, -0.2) is 4.79 Å². The van der Waals surface area contributed by atoms with Gasteiger partial charge >= 0.3 is 14.9 Å². The largest absolute Gasteiger partial charge is 0.524 e. The third-order valence-corrected chi connectivity index (χ3v) is 5.93. The van der Waals surface area contributed by atoms with Crippen LogP contribution in [0.5, 0.6) is 0 Å². The van der Waals surface area contributed by atoms with Crippen LogP contribution in [0.4, 0.5) is 4.79 Å². The minimum absolute atomic E-state index is 0.0747. The Hall–Kier alpha value is -1.07. The summed E-state index contributed by atoms with van der Waals surface area (Å²) in [6.45, 7) is 8.78. The summed E-state index contributed by atoms with van der Waals surface area (Å²) in [5, 5.41) is 2.73. The van der Waals surface area contributed by atoms with Gasteiger partial charge < -0.3 is 23.3 Å². The number of nitrogens with one attached hydrogen (secondary N) is 1. The van der Waals surface area contributed by atoms with Gasteiger partial charge in [0, 0.05) is 19.8 Å². The standard InChI is InChI=1S/C13H25NO5Si/c1-6-11-16-13(15)14-12(7-2)20(17-8-3,18-9-4)19-10-5/h1,12H,7-11H2,2-5H3,(H,14,15). The summed E-state index contributed by atoms with van der Waals surface area (Å²) in [6.07, 6.45) is 5.07. The molecule has 0 rings (SSSR count). The maximum absolute atomic E-state index is 11.7. The fraction of sp³-hybridized carbons (Fsp3) is 0.769. The van der Waals surface area contributed by atoms with Crippen molar-refractivity contribution in [2.24, 2.45) is 0 Å². The maximum atomic E-state index is 11.7. The van der Waals surface area contributed by atoms with E-state index in [2.05, 4.69) is 11.2 Å². The van der Waals surface area contributed by atoms with Crippen LogP contribution in [0.15, 0.2) is 0 Å². The smallest absolute Gasteiger partial charge is 0.436 e. The Morgan fingerprint density at radius 3 is 2.00 bits per heavy atom. The highest BCUT2D eigenvalue weighted by Crippen LogP contribution is 2.18. The van der Waals surface area contributed by atoms with Crippen LogP contribution in [-0.4, -0.2) is 47.0 Å². The van der Waals surface area contributed by atoms with Crippen LogP contribution in [0.25, 0.3) is 0 Å². The van der Waals surface area contributed by atoms with Crippen molar-refractivity contribution in [2.75, 3.05) is 26.4 Å². The number of amides is 1. The molecule has 0 saturated carbocycles. The molecule has 7 heteroatoms. The van der Waals surface area contributed by atoms with Gasteiger partial charge in [0.15, 0.2) is 6.61 Å². The van der Waals surface area contributed by atoms with E-state index in [-0.39, 0.29) is 12.3 Å². The van der Waals surface area contributed by atoms with Crippen molar-refractivity contribution in [3.8, 4) is 12.3 Å².